The Labute approximate surface area is 142 Å². The van der Waals surface area contributed by atoms with Gasteiger partial charge in [-0.2, -0.15) is 5.10 Å². The zero-order chi connectivity index (χ0) is 16.8. The maximum Gasteiger partial charge on any atom is 0.344 e. The summed E-state index contributed by atoms with van der Waals surface area (Å²) < 4.78 is 11.8. The molecule has 1 aromatic carbocycles. The van der Waals surface area contributed by atoms with Crippen molar-refractivity contribution < 1.29 is 19.1 Å². The van der Waals surface area contributed by atoms with E-state index in [4.69, 9.17) is 9.47 Å². The third-order valence-electron chi connectivity index (χ3n) is 2.80. The minimum absolute atomic E-state index is 0.0879. The standard InChI is InChI=1S/C15H16BrN3O4/c1-3-5-23-14-11(16)6-10(7-12(14)22-4-2)8-17-19-9-13(20)18-15(19)21/h3,6-8H,1,4-5,9H2,2H3,(H,18,20,21)/b17-8-. The highest BCUT2D eigenvalue weighted by atomic mass is 79.9. The number of carbonyl (C=O) groups excluding carboxylic acids is 2. The van der Waals surface area contributed by atoms with Crippen LogP contribution in [0.15, 0.2) is 34.4 Å². The summed E-state index contributed by atoms with van der Waals surface area (Å²) in [6.45, 7) is 6.21. The summed E-state index contributed by atoms with van der Waals surface area (Å²) in [5, 5.41) is 7.20. The Hall–Kier alpha value is -2.35. The van der Waals surface area contributed by atoms with E-state index in [2.05, 4.69) is 32.9 Å². The van der Waals surface area contributed by atoms with Crippen LogP contribution in [0.2, 0.25) is 0 Å². The first-order chi connectivity index (χ1) is 11.0. The molecule has 1 aliphatic rings. The summed E-state index contributed by atoms with van der Waals surface area (Å²) in [6, 6.07) is 2.98. The number of nitrogens with one attached hydrogen (secondary N) is 1. The first-order valence-electron chi connectivity index (χ1n) is 6.90. The fourth-order valence-electron chi connectivity index (χ4n) is 1.87. The normalized spacial score (nSPS) is 14.3. The molecule has 122 valence electrons. The monoisotopic (exact) mass is 381 g/mol. The van der Waals surface area contributed by atoms with Gasteiger partial charge in [0, 0.05) is 0 Å². The van der Waals surface area contributed by atoms with Crippen LogP contribution in [-0.2, 0) is 4.79 Å². The van der Waals surface area contributed by atoms with Crippen LogP contribution in [0.1, 0.15) is 12.5 Å². The minimum atomic E-state index is -0.540. The quantitative estimate of drug-likeness (QED) is 0.446. The largest absolute Gasteiger partial charge is 0.490 e. The average Bonchev–Trinajstić information content (AvgIpc) is 2.82. The van der Waals surface area contributed by atoms with E-state index in [1.54, 1.807) is 18.2 Å². The zero-order valence-corrected chi connectivity index (χ0v) is 14.1. The predicted octanol–water partition coefficient (Wildman–Crippen LogP) is 2.30. The first kappa shape index (κ1) is 17.0. The van der Waals surface area contributed by atoms with E-state index in [0.29, 0.717) is 34.7 Å². The minimum Gasteiger partial charge on any atom is -0.490 e. The van der Waals surface area contributed by atoms with Crippen LogP contribution < -0.4 is 14.8 Å². The first-order valence-corrected chi connectivity index (χ1v) is 7.69. The van der Waals surface area contributed by atoms with Gasteiger partial charge in [0.05, 0.1) is 17.3 Å². The Balaban J connectivity index is 2.23. The highest BCUT2D eigenvalue weighted by molar-refractivity contribution is 9.10. The molecule has 1 aliphatic heterocycles. The van der Waals surface area contributed by atoms with Gasteiger partial charge in [0.25, 0.3) is 0 Å². The lowest BCUT2D eigenvalue weighted by Crippen LogP contribution is -2.24. The van der Waals surface area contributed by atoms with E-state index >= 15 is 0 Å². The molecular formula is C15H16BrN3O4. The molecule has 1 heterocycles. The van der Waals surface area contributed by atoms with Gasteiger partial charge in [-0.05, 0) is 40.5 Å². The third kappa shape index (κ3) is 4.32. The SMILES string of the molecule is C=CCOc1c(Br)cc(/C=N\N2CC(=O)NC2=O)cc1OCC. The number of hydrazone groups is 1. The van der Waals surface area contributed by atoms with Crippen LogP contribution in [0.25, 0.3) is 0 Å². The summed E-state index contributed by atoms with van der Waals surface area (Å²) >= 11 is 3.43. The van der Waals surface area contributed by atoms with Crippen molar-refractivity contribution in [3.05, 3.63) is 34.8 Å². The predicted molar refractivity (Wildman–Crippen MR) is 88.8 cm³/mol. The second-order valence-electron chi connectivity index (χ2n) is 4.52. The molecule has 0 aromatic heterocycles. The van der Waals surface area contributed by atoms with Crippen LogP contribution in [0, 0.1) is 0 Å². The molecule has 1 N–H and O–H groups in total. The van der Waals surface area contributed by atoms with Crippen LogP contribution in [-0.4, -0.2) is 42.9 Å². The second kappa shape index (κ2) is 7.77. The molecular weight excluding hydrogens is 366 g/mol. The molecule has 0 bridgehead atoms. The second-order valence-corrected chi connectivity index (χ2v) is 5.37. The fourth-order valence-corrected chi connectivity index (χ4v) is 2.44. The van der Waals surface area contributed by atoms with Gasteiger partial charge in [0.2, 0.25) is 5.91 Å². The third-order valence-corrected chi connectivity index (χ3v) is 3.39. The van der Waals surface area contributed by atoms with E-state index in [0.717, 1.165) is 5.01 Å². The number of hydrogen-bond donors (Lipinski definition) is 1. The van der Waals surface area contributed by atoms with Crippen molar-refractivity contribution in [3.63, 3.8) is 0 Å². The van der Waals surface area contributed by atoms with Gasteiger partial charge < -0.3 is 9.47 Å². The summed E-state index contributed by atoms with van der Waals surface area (Å²) in [7, 11) is 0. The Kier molecular flexibility index (Phi) is 5.75. The Bertz CT molecular complexity index is 660. The van der Waals surface area contributed by atoms with E-state index in [1.807, 2.05) is 6.92 Å². The summed E-state index contributed by atoms with van der Waals surface area (Å²) in [5.74, 6) is 0.738. The van der Waals surface area contributed by atoms with E-state index in [1.165, 1.54) is 6.21 Å². The van der Waals surface area contributed by atoms with Gasteiger partial charge in [-0.15, -0.1) is 0 Å². The lowest BCUT2D eigenvalue weighted by Gasteiger charge is -2.13. The Morgan fingerprint density at radius 3 is 2.83 bits per heavy atom. The molecule has 7 nitrogen and oxygen atoms in total. The molecule has 3 amide bonds. The Morgan fingerprint density at radius 1 is 1.43 bits per heavy atom. The number of hydrogen-bond acceptors (Lipinski definition) is 5. The smallest absolute Gasteiger partial charge is 0.344 e. The number of amides is 3. The van der Waals surface area contributed by atoms with Crippen LogP contribution >= 0.6 is 15.9 Å². The number of rotatable bonds is 7. The highest BCUT2D eigenvalue weighted by Gasteiger charge is 2.26. The zero-order valence-electron chi connectivity index (χ0n) is 12.5. The molecule has 0 saturated carbocycles. The molecule has 0 aliphatic carbocycles. The number of carbonyl (C=O) groups is 2. The van der Waals surface area contributed by atoms with E-state index in [9.17, 15) is 9.59 Å². The molecule has 0 spiro atoms. The number of benzene rings is 1. The van der Waals surface area contributed by atoms with Crippen molar-refractivity contribution in [1.82, 2.24) is 10.3 Å². The molecule has 1 aromatic rings. The molecule has 8 heteroatoms. The molecule has 0 radical (unpaired) electrons. The van der Waals surface area contributed by atoms with Gasteiger partial charge in [-0.1, -0.05) is 12.7 Å². The van der Waals surface area contributed by atoms with Gasteiger partial charge in [0.1, 0.15) is 13.2 Å². The number of ether oxygens (including phenoxy) is 2. The van der Waals surface area contributed by atoms with Crippen molar-refractivity contribution in [2.75, 3.05) is 19.8 Å². The van der Waals surface area contributed by atoms with Crippen molar-refractivity contribution in [2.24, 2.45) is 5.10 Å². The summed E-state index contributed by atoms with van der Waals surface area (Å²) in [4.78, 5) is 22.5. The van der Waals surface area contributed by atoms with Crippen LogP contribution in [0.4, 0.5) is 4.79 Å². The Morgan fingerprint density at radius 2 is 2.22 bits per heavy atom. The number of nitrogens with zero attached hydrogens (tertiary/aromatic N) is 2. The lowest BCUT2D eigenvalue weighted by atomic mass is 10.2. The topological polar surface area (TPSA) is 80.2 Å². The molecule has 23 heavy (non-hydrogen) atoms. The number of imide groups is 1. The molecule has 1 fully saturated rings. The summed E-state index contributed by atoms with van der Waals surface area (Å²) in [5.41, 5.74) is 0.693. The van der Waals surface area contributed by atoms with E-state index in [-0.39, 0.29) is 12.5 Å². The van der Waals surface area contributed by atoms with Crippen molar-refractivity contribution in [3.8, 4) is 11.5 Å². The molecule has 0 unspecified atom stereocenters. The number of halogens is 1. The molecule has 2 rings (SSSR count). The van der Waals surface area contributed by atoms with Gasteiger partial charge in [-0.3, -0.25) is 10.1 Å². The van der Waals surface area contributed by atoms with Gasteiger partial charge in [-0.25, -0.2) is 9.80 Å². The van der Waals surface area contributed by atoms with Gasteiger partial charge in [0.15, 0.2) is 11.5 Å². The molecule has 1 saturated heterocycles. The molecule has 0 atom stereocenters. The lowest BCUT2D eigenvalue weighted by molar-refractivity contribution is -0.118. The highest BCUT2D eigenvalue weighted by Crippen LogP contribution is 2.36. The average molecular weight is 382 g/mol. The fraction of sp³-hybridized carbons (Fsp3) is 0.267. The summed E-state index contributed by atoms with van der Waals surface area (Å²) in [6.07, 6.45) is 3.11. The van der Waals surface area contributed by atoms with Crippen LogP contribution in [0.3, 0.4) is 0 Å². The van der Waals surface area contributed by atoms with Gasteiger partial charge >= 0.3 is 6.03 Å². The van der Waals surface area contributed by atoms with Crippen molar-refractivity contribution in [2.45, 2.75) is 6.92 Å². The maximum absolute atomic E-state index is 11.4. The van der Waals surface area contributed by atoms with E-state index < -0.39 is 6.03 Å². The van der Waals surface area contributed by atoms with Crippen molar-refractivity contribution >= 4 is 34.1 Å². The van der Waals surface area contributed by atoms with Crippen LogP contribution in [0.5, 0.6) is 11.5 Å². The maximum atomic E-state index is 11.4. The number of urea groups is 1. The van der Waals surface area contributed by atoms with Crippen molar-refractivity contribution in [1.29, 1.82) is 0 Å².